The number of primary amides is 1. The number of carbonyl (C=O) groups excluding carboxylic acids is 1. The second kappa shape index (κ2) is 5.14. The molecule has 112 valence electrons. The van der Waals surface area contributed by atoms with E-state index in [0.717, 1.165) is 27.6 Å². The molecule has 0 aliphatic carbocycles. The number of fused-ring (bicyclic) bond motifs is 1. The van der Waals surface area contributed by atoms with Crippen LogP contribution in [0.4, 0.5) is 4.39 Å². The Bertz CT molecular complexity index is 897. The Hall–Kier alpha value is -2.33. The summed E-state index contributed by atoms with van der Waals surface area (Å²) in [5.41, 5.74) is 9.22. The Labute approximate surface area is 132 Å². The molecule has 2 N–H and O–H groups in total. The fourth-order valence-electron chi connectivity index (χ4n) is 2.94. The first-order valence-corrected chi connectivity index (χ1v) is 7.12. The number of hydrogen-bond acceptors (Lipinski definition) is 1. The molecule has 0 bridgehead atoms. The third-order valence-electron chi connectivity index (χ3n) is 3.89. The van der Waals surface area contributed by atoms with Crippen LogP contribution >= 0.6 is 11.6 Å². The predicted octanol–water partition coefficient (Wildman–Crippen LogP) is 4.05. The zero-order valence-electron chi connectivity index (χ0n) is 12.2. The quantitative estimate of drug-likeness (QED) is 0.762. The molecular weight excluding hydrogens is 303 g/mol. The van der Waals surface area contributed by atoms with Crippen LogP contribution in [0.5, 0.6) is 0 Å². The summed E-state index contributed by atoms with van der Waals surface area (Å²) in [6.07, 6.45) is 0. The van der Waals surface area contributed by atoms with Gasteiger partial charge in [0.1, 0.15) is 11.5 Å². The number of carbonyl (C=O) groups is 1. The van der Waals surface area contributed by atoms with Gasteiger partial charge in [0.05, 0.1) is 5.52 Å². The van der Waals surface area contributed by atoms with Crippen LogP contribution < -0.4 is 5.73 Å². The van der Waals surface area contributed by atoms with Gasteiger partial charge in [-0.15, -0.1) is 0 Å². The highest BCUT2D eigenvalue weighted by atomic mass is 35.5. The van der Waals surface area contributed by atoms with Crippen LogP contribution in [0.15, 0.2) is 36.4 Å². The number of hydrogen-bond donors (Lipinski definition) is 1. The van der Waals surface area contributed by atoms with Crippen LogP contribution in [0.2, 0.25) is 5.02 Å². The largest absolute Gasteiger partial charge is 0.364 e. The molecule has 0 spiro atoms. The van der Waals surface area contributed by atoms with E-state index in [1.54, 1.807) is 29.8 Å². The number of nitrogens with two attached hydrogens (primary N) is 1. The molecule has 0 fully saturated rings. The minimum atomic E-state index is -0.489. The number of nitrogens with zero attached hydrogens (tertiary/aromatic N) is 1. The van der Waals surface area contributed by atoms with Gasteiger partial charge >= 0.3 is 0 Å². The Balaban J connectivity index is 2.42. The molecular formula is C17H14ClFN2O. The molecule has 3 rings (SSSR count). The third kappa shape index (κ3) is 2.16. The molecule has 22 heavy (non-hydrogen) atoms. The number of aromatic nitrogens is 1. The topological polar surface area (TPSA) is 48.0 Å². The maximum absolute atomic E-state index is 13.2. The minimum Gasteiger partial charge on any atom is -0.364 e. The first-order chi connectivity index (χ1) is 10.4. The highest BCUT2D eigenvalue weighted by molar-refractivity contribution is 6.32. The van der Waals surface area contributed by atoms with Gasteiger partial charge in [-0.2, -0.15) is 0 Å². The summed E-state index contributed by atoms with van der Waals surface area (Å²) in [6, 6.07) is 9.78. The highest BCUT2D eigenvalue weighted by Crippen LogP contribution is 2.36. The summed E-state index contributed by atoms with van der Waals surface area (Å²) in [4.78, 5) is 11.7. The molecule has 1 amide bonds. The van der Waals surface area contributed by atoms with Gasteiger partial charge in [0, 0.05) is 23.0 Å². The van der Waals surface area contributed by atoms with E-state index in [2.05, 4.69) is 0 Å². The van der Waals surface area contributed by atoms with E-state index >= 15 is 0 Å². The van der Waals surface area contributed by atoms with Gasteiger partial charge in [0.25, 0.3) is 5.91 Å². The van der Waals surface area contributed by atoms with Crippen LogP contribution in [0.25, 0.3) is 22.0 Å². The highest BCUT2D eigenvalue weighted by Gasteiger charge is 2.19. The van der Waals surface area contributed by atoms with Crippen molar-refractivity contribution in [2.45, 2.75) is 6.92 Å². The van der Waals surface area contributed by atoms with Gasteiger partial charge in [-0.1, -0.05) is 23.7 Å². The van der Waals surface area contributed by atoms with Gasteiger partial charge in [-0.05, 0) is 42.3 Å². The van der Waals surface area contributed by atoms with Crippen LogP contribution in [0.1, 0.15) is 16.1 Å². The molecule has 0 saturated heterocycles. The van der Waals surface area contributed by atoms with E-state index in [-0.39, 0.29) is 5.82 Å². The molecule has 0 saturated carbocycles. The van der Waals surface area contributed by atoms with Crippen molar-refractivity contribution in [3.05, 3.63) is 58.5 Å². The van der Waals surface area contributed by atoms with Crippen molar-refractivity contribution in [2.24, 2.45) is 12.8 Å². The van der Waals surface area contributed by atoms with Crippen molar-refractivity contribution in [1.29, 1.82) is 0 Å². The van der Waals surface area contributed by atoms with Crippen LogP contribution in [-0.4, -0.2) is 10.5 Å². The van der Waals surface area contributed by atoms with Gasteiger partial charge in [-0.3, -0.25) is 4.79 Å². The standard InChI is InChI=1S/C17H14ClFN2O/c1-9-13-7-11(18)8-14(10-3-5-12(19)6-4-10)16(13)21(2)15(9)17(20)22/h3-8H,1-2H3,(H2,20,22). The number of benzene rings is 2. The fraction of sp³-hybridized carbons (Fsp3) is 0.118. The van der Waals surface area contributed by atoms with Crippen molar-refractivity contribution in [1.82, 2.24) is 4.57 Å². The van der Waals surface area contributed by atoms with E-state index in [4.69, 9.17) is 17.3 Å². The molecule has 0 unspecified atom stereocenters. The van der Waals surface area contributed by atoms with E-state index in [1.165, 1.54) is 12.1 Å². The van der Waals surface area contributed by atoms with Crippen LogP contribution in [0.3, 0.4) is 0 Å². The molecule has 0 aliphatic rings. The maximum Gasteiger partial charge on any atom is 0.265 e. The van der Waals surface area contributed by atoms with Crippen LogP contribution in [-0.2, 0) is 7.05 Å². The predicted molar refractivity (Wildman–Crippen MR) is 86.6 cm³/mol. The van der Waals surface area contributed by atoms with E-state index in [9.17, 15) is 9.18 Å². The van der Waals surface area contributed by atoms with E-state index in [0.29, 0.717) is 10.7 Å². The monoisotopic (exact) mass is 316 g/mol. The summed E-state index contributed by atoms with van der Waals surface area (Å²) in [6.45, 7) is 1.84. The average molecular weight is 317 g/mol. The summed E-state index contributed by atoms with van der Waals surface area (Å²) >= 11 is 6.22. The van der Waals surface area contributed by atoms with Crippen molar-refractivity contribution in [3.8, 4) is 11.1 Å². The van der Waals surface area contributed by atoms with Gasteiger partial charge in [0.2, 0.25) is 0 Å². The second-order valence-electron chi connectivity index (χ2n) is 5.25. The van der Waals surface area contributed by atoms with E-state index in [1.807, 2.05) is 13.0 Å². The lowest BCUT2D eigenvalue weighted by Gasteiger charge is -2.08. The van der Waals surface area contributed by atoms with Crippen molar-refractivity contribution in [3.63, 3.8) is 0 Å². The van der Waals surface area contributed by atoms with Crippen molar-refractivity contribution < 1.29 is 9.18 Å². The Morgan fingerprint density at radius 2 is 1.86 bits per heavy atom. The first kappa shape index (κ1) is 14.6. The molecule has 2 aromatic carbocycles. The molecule has 3 nitrogen and oxygen atoms in total. The van der Waals surface area contributed by atoms with Gasteiger partial charge < -0.3 is 10.3 Å². The van der Waals surface area contributed by atoms with Gasteiger partial charge in [0.15, 0.2) is 0 Å². The minimum absolute atomic E-state index is 0.303. The van der Waals surface area contributed by atoms with Crippen molar-refractivity contribution in [2.75, 3.05) is 0 Å². The molecule has 0 atom stereocenters. The lowest BCUT2D eigenvalue weighted by molar-refractivity contribution is 0.0992. The van der Waals surface area contributed by atoms with Gasteiger partial charge in [-0.25, -0.2) is 4.39 Å². The smallest absolute Gasteiger partial charge is 0.265 e. The number of aryl methyl sites for hydroxylation is 2. The lowest BCUT2D eigenvalue weighted by Crippen LogP contribution is -2.16. The summed E-state index contributed by atoms with van der Waals surface area (Å²) < 4.78 is 14.9. The maximum atomic E-state index is 13.2. The molecule has 1 heterocycles. The summed E-state index contributed by atoms with van der Waals surface area (Å²) in [5, 5.41) is 1.42. The average Bonchev–Trinajstić information content (AvgIpc) is 2.70. The summed E-state index contributed by atoms with van der Waals surface area (Å²) in [5.74, 6) is -0.791. The van der Waals surface area contributed by atoms with Crippen LogP contribution in [0, 0.1) is 12.7 Å². The first-order valence-electron chi connectivity index (χ1n) is 6.74. The van der Waals surface area contributed by atoms with E-state index < -0.39 is 5.91 Å². The number of amides is 1. The number of halogens is 2. The normalized spacial score (nSPS) is 11.1. The SMILES string of the molecule is Cc1c(C(N)=O)n(C)c2c(-c3ccc(F)cc3)cc(Cl)cc12. The fourth-order valence-corrected chi connectivity index (χ4v) is 3.16. The Kier molecular flexibility index (Phi) is 3.41. The summed E-state index contributed by atoms with van der Waals surface area (Å²) in [7, 11) is 1.79. The molecule has 0 radical (unpaired) electrons. The zero-order valence-corrected chi connectivity index (χ0v) is 12.9. The third-order valence-corrected chi connectivity index (χ3v) is 4.11. The second-order valence-corrected chi connectivity index (χ2v) is 5.69. The number of rotatable bonds is 2. The zero-order chi connectivity index (χ0) is 16.0. The molecule has 3 aromatic rings. The molecule has 5 heteroatoms. The Morgan fingerprint density at radius 1 is 1.23 bits per heavy atom. The lowest BCUT2D eigenvalue weighted by atomic mass is 10.0. The molecule has 0 aliphatic heterocycles. The van der Waals surface area contributed by atoms with Crippen molar-refractivity contribution >= 4 is 28.4 Å². The Morgan fingerprint density at radius 3 is 2.45 bits per heavy atom. The molecule has 1 aromatic heterocycles.